The summed E-state index contributed by atoms with van der Waals surface area (Å²) in [6, 6.07) is 0. The van der Waals surface area contributed by atoms with Crippen LogP contribution in [0.15, 0.2) is 0 Å². The molecule has 0 aliphatic heterocycles. The summed E-state index contributed by atoms with van der Waals surface area (Å²) in [6.07, 6.45) is -13.9. The SMILES string of the molecule is O=C([O-])[C@H](OP(=O)(O)O)[C@H](OP(=O)(O)O)[C@H](OP(=O)(O)O)[C@@H](OP(=O)(O)O)C(=O)[O-].[Ca+2]. The molecule has 0 heterocycles. The zero-order chi connectivity index (χ0) is 24.3. The van der Waals surface area contributed by atoms with Crippen molar-refractivity contribution in [1.82, 2.24) is 0 Å². The van der Waals surface area contributed by atoms with Crippen molar-refractivity contribution in [2.24, 2.45) is 0 Å². The second-order valence-corrected chi connectivity index (χ2v) is 9.56. The summed E-state index contributed by atoms with van der Waals surface area (Å²) in [5.41, 5.74) is 0. The standard InChI is InChI=1S/C6H14O20P4.Ca/c7-5(8)3(25-29(17,18)19)1(23-27(11,12)13)2(24-28(14,15)16)4(6(9)10)26-30(20,21)22;/h1-4H,(H,7,8)(H,9,10)(H2,11,12,13)(H2,14,15,16)(H2,17,18,19)(H2,20,21,22);/q;+2/p-2/t1-,2+,3-,4-;/m1./s1. The van der Waals surface area contributed by atoms with Crippen LogP contribution >= 0.6 is 31.3 Å². The van der Waals surface area contributed by atoms with Crippen LogP contribution in [0.4, 0.5) is 0 Å². The third-order valence-corrected chi connectivity index (χ3v) is 4.44. The van der Waals surface area contributed by atoms with E-state index < -0.39 is 67.6 Å². The number of carboxylic acid groups (broad SMARTS) is 2. The van der Waals surface area contributed by atoms with E-state index in [-0.39, 0.29) is 37.7 Å². The zero-order valence-electron chi connectivity index (χ0n) is 14.3. The van der Waals surface area contributed by atoms with Crippen LogP contribution in [0.5, 0.6) is 0 Å². The molecule has 0 fully saturated rings. The van der Waals surface area contributed by atoms with Crippen molar-refractivity contribution in [2.45, 2.75) is 24.4 Å². The van der Waals surface area contributed by atoms with E-state index in [1.54, 1.807) is 0 Å². The molecule has 0 saturated carbocycles. The number of phosphoric ester groups is 4. The Morgan fingerprint density at radius 1 is 0.548 bits per heavy atom. The van der Waals surface area contributed by atoms with Crippen molar-refractivity contribution >= 4 is 81.0 Å². The molecule has 0 unspecified atom stereocenters. The fourth-order valence-electron chi connectivity index (χ4n) is 1.66. The van der Waals surface area contributed by atoms with Crippen molar-refractivity contribution in [3.63, 3.8) is 0 Å². The number of carboxylic acids is 2. The van der Waals surface area contributed by atoms with Crippen LogP contribution in [-0.4, -0.2) is 113 Å². The minimum atomic E-state index is -6.04. The molecule has 0 aliphatic rings. The Bertz CT molecular complexity index is 748. The minimum Gasteiger partial charge on any atom is -0.547 e. The van der Waals surface area contributed by atoms with Crippen molar-refractivity contribution < 1.29 is 95.3 Å². The van der Waals surface area contributed by atoms with Gasteiger partial charge in [-0.1, -0.05) is 0 Å². The van der Waals surface area contributed by atoms with Gasteiger partial charge in [0.05, 0.1) is 11.9 Å². The van der Waals surface area contributed by atoms with E-state index in [1.807, 2.05) is 0 Å². The Balaban J connectivity index is 0. The van der Waals surface area contributed by atoms with Crippen LogP contribution in [0.25, 0.3) is 0 Å². The molecular formula is C6H12CaO20P4. The number of carbonyl (C=O) groups excluding carboxylic acids is 2. The molecule has 31 heavy (non-hydrogen) atoms. The molecule has 0 aromatic heterocycles. The molecule has 0 saturated heterocycles. The number of aliphatic carboxylic acids is 2. The Morgan fingerprint density at radius 3 is 0.871 bits per heavy atom. The Hall–Kier alpha value is 0.640. The Kier molecular flexibility index (Phi) is 13.5. The molecule has 8 N–H and O–H groups in total. The van der Waals surface area contributed by atoms with Crippen LogP contribution in [0.3, 0.4) is 0 Å². The third kappa shape index (κ3) is 15.2. The van der Waals surface area contributed by atoms with Crippen LogP contribution in [0.1, 0.15) is 0 Å². The molecule has 0 rings (SSSR count). The van der Waals surface area contributed by atoms with E-state index in [4.69, 9.17) is 39.1 Å². The molecule has 0 aromatic carbocycles. The van der Waals surface area contributed by atoms with E-state index in [1.165, 1.54) is 0 Å². The normalized spacial score (nSPS) is 17.2. The number of carbonyl (C=O) groups is 2. The van der Waals surface area contributed by atoms with E-state index in [0.717, 1.165) is 0 Å². The fourth-order valence-corrected chi connectivity index (χ4v) is 3.76. The zero-order valence-corrected chi connectivity index (χ0v) is 20.1. The molecule has 4 atom stereocenters. The first-order valence-electron chi connectivity index (χ1n) is 6.40. The van der Waals surface area contributed by atoms with Gasteiger partial charge in [-0.05, 0) is 0 Å². The van der Waals surface area contributed by atoms with Gasteiger partial charge in [0.2, 0.25) is 0 Å². The van der Waals surface area contributed by atoms with Gasteiger partial charge < -0.3 is 58.9 Å². The summed E-state index contributed by atoms with van der Waals surface area (Å²) >= 11 is 0. The molecule has 0 spiro atoms. The fraction of sp³-hybridized carbons (Fsp3) is 0.667. The molecule has 25 heteroatoms. The molecule has 0 aromatic rings. The average molecular weight is 568 g/mol. The van der Waals surface area contributed by atoms with Crippen LogP contribution in [0.2, 0.25) is 0 Å². The first-order valence-corrected chi connectivity index (χ1v) is 12.5. The predicted octanol–water partition coefficient (Wildman–Crippen LogP) is -5.98. The molecule has 20 nitrogen and oxygen atoms in total. The van der Waals surface area contributed by atoms with Crippen LogP contribution in [0, 0.1) is 0 Å². The van der Waals surface area contributed by atoms with Crippen molar-refractivity contribution in [3.8, 4) is 0 Å². The largest absolute Gasteiger partial charge is 2.00 e. The molecule has 0 aliphatic carbocycles. The molecule has 0 amide bonds. The van der Waals surface area contributed by atoms with Crippen molar-refractivity contribution in [2.75, 3.05) is 0 Å². The first kappa shape index (κ1) is 33.8. The van der Waals surface area contributed by atoms with Gasteiger partial charge in [0.25, 0.3) is 0 Å². The van der Waals surface area contributed by atoms with Crippen LogP contribution in [-0.2, 0) is 45.9 Å². The van der Waals surface area contributed by atoms with Crippen molar-refractivity contribution in [1.29, 1.82) is 0 Å². The maximum atomic E-state index is 11.1. The predicted molar refractivity (Wildman–Crippen MR) is 83.4 cm³/mol. The van der Waals surface area contributed by atoms with Gasteiger partial charge in [0.15, 0.2) is 0 Å². The second-order valence-electron chi connectivity index (χ2n) is 4.79. The van der Waals surface area contributed by atoms with Gasteiger partial charge in [-0.25, -0.2) is 18.3 Å². The maximum absolute atomic E-state index is 11.1. The number of hydrogen-bond acceptors (Lipinski definition) is 12. The van der Waals surface area contributed by atoms with E-state index >= 15 is 0 Å². The number of hydrogen-bond donors (Lipinski definition) is 8. The van der Waals surface area contributed by atoms with E-state index in [2.05, 4.69) is 18.1 Å². The maximum Gasteiger partial charge on any atom is 2.00 e. The summed E-state index contributed by atoms with van der Waals surface area (Å²) in [5, 5.41) is 22.3. The second kappa shape index (κ2) is 12.4. The minimum absolute atomic E-state index is 0. The number of rotatable bonds is 13. The summed E-state index contributed by atoms with van der Waals surface area (Å²) < 4.78 is 58.7. The number of phosphoric acid groups is 4. The molecular weight excluding hydrogens is 556 g/mol. The molecule has 0 radical (unpaired) electrons. The first-order chi connectivity index (χ1) is 13.0. The van der Waals surface area contributed by atoms with E-state index in [9.17, 15) is 38.1 Å². The van der Waals surface area contributed by atoms with E-state index in [0.29, 0.717) is 0 Å². The van der Waals surface area contributed by atoms with Crippen molar-refractivity contribution in [3.05, 3.63) is 0 Å². The van der Waals surface area contributed by atoms with Gasteiger partial charge in [0.1, 0.15) is 24.4 Å². The molecule has 0 bridgehead atoms. The summed E-state index contributed by atoms with van der Waals surface area (Å²) in [5.74, 6) is -5.66. The van der Waals surface area contributed by atoms with Gasteiger partial charge in [-0.3, -0.25) is 18.1 Å². The smallest absolute Gasteiger partial charge is 0.547 e. The summed E-state index contributed by atoms with van der Waals surface area (Å²) in [7, 11) is -24.0. The summed E-state index contributed by atoms with van der Waals surface area (Å²) in [4.78, 5) is 92.4. The topological polar surface area (TPSA) is 347 Å². The Morgan fingerprint density at radius 2 is 0.742 bits per heavy atom. The van der Waals surface area contributed by atoms with Gasteiger partial charge in [0, 0.05) is 0 Å². The van der Waals surface area contributed by atoms with Crippen LogP contribution < -0.4 is 10.2 Å². The quantitative estimate of drug-likeness (QED) is 0.0757. The third-order valence-electron chi connectivity index (χ3n) is 2.41. The Labute approximate surface area is 200 Å². The molecule has 178 valence electrons. The van der Waals surface area contributed by atoms with Gasteiger partial charge >= 0.3 is 69.0 Å². The van der Waals surface area contributed by atoms with Gasteiger partial charge in [-0.15, -0.1) is 0 Å². The summed E-state index contributed by atoms with van der Waals surface area (Å²) in [6.45, 7) is 0. The monoisotopic (exact) mass is 568 g/mol. The van der Waals surface area contributed by atoms with Gasteiger partial charge in [-0.2, -0.15) is 0 Å². The average Bonchev–Trinajstić information content (AvgIpc) is 2.41.